The van der Waals surface area contributed by atoms with Crippen LogP contribution < -0.4 is 5.32 Å². The number of likely N-dealkylation sites (N-methyl/N-ethyl adjacent to an activating group) is 1. The van der Waals surface area contributed by atoms with E-state index in [1.54, 1.807) is 0 Å². The van der Waals surface area contributed by atoms with Gasteiger partial charge in [0.15, 0.2) is 0 Å². The minimum atomic E-state index is -4.41. The lowest BCUT2D eigenvalue weighted by Gasteiger charge is -2.25. The molecule has 0 aliphatic rings. The van der Waals surface area contributed by atoms with Gasteiger partial charge in [0.05, 0.1) is 54.4 Å². The molecule has 0 aliphatic heterocycles. The second-order valence-electron chi connectivity index (χ2n) is 8.07. The standard InChI is InChI=1S/C19H24Br2N5O2.CH4O4S/c1-13(22-9-10-26(2,3)4)14-5-7-15(8-6-14)23-24-19-17(20)11-16(25(27)28)12-18(19)21;1-5-6(2,3)4/h5-8,11-13,22H,9-10H2,1-4H3;1H3,(H,2,3,4)/q+1;/p-1. The van der Waals surface area contributed by atoms with Gasteiger partial charge in [-0.25, -0.2) is 8.42 Å². The van der Waals surface area contributed by atoms with Crippen molar-refractivity contribution in [1.82, 2.24) is 5.32 Å². The molecule has 0 aliphatic carbocycles. The molecule has 0 saturated heterocycles. The summed E-state index contributed by atoms with van der Waals surface area (Å²) in [5, 5.41) is 22.9. The summed E-state index contributed by atoms with van der Waals surface area (Å²) in [6.45, 7) is 4.13. The third-order valence-electron chi connectivity index (χ3n) is 4.31. The van der Waals surface area contributed by atoms with E-state index in [0.717, 1.165) is 24.7 Å². The van der Waals surface area contributed by atoms with Crippen LogP contribution in [-0.2, 0) is 14.6 Å². The van der Waals surface area contributed by atoms with Gasteiger partial charge in [-0.2, -0.15) is 5.11 Å². The van der Waals surface area contributed by atoms with Gasteiger partial charge in [-0.3, -0.25) is 14.3 Å². The lowest BCUT2D eigenvalue weighted by atomic mass is 10.1. The van der Waals surface area contributed by atoms with Crippen LogP contribution in [0.15, 0.2) is 55.6 Å². The van der Waals surface area contributed by atoms with Crippen molar-refractivity contribution in [3.63, 3.8) is 0 Å². The van der Waals surface area contributed by atoms with Crippen molar-refractivity contribution in [3.8, 4) is 0 Å². The zero-order valence-electron chi connectivity index (χ0n) is 19.4. The zero-order valence-corrected chi connectivity index (χ0v) is 23.3. The minimum absolute atomic E-state index is 0.0196. The molecule has 2 aromatic carbocycles. The Kier molecular flexibility index (Phi) is 11.8. The van der Waals surface area contributed by atoms with Crippen molar-refractivity contribution in [3.05, 3.63) is 61.0 Å². The van der Waals surface area contributed by atoms with Crippen molar-refractivity contribution < 1.29 is 26.6 Å². The van der Waals surface area contributed by atoms with E-state index in [1.807, 2.05) is 24.3 Å². The summed E-state index contributed by atoms with van der Waals surface area (Å²) in [5.41, 5.74) is 2.37. The number of hydrogen-bond donors (Lipinski definition) is 1. The SMILES string of the molecule is CC(NCC[N+](C)(C)C)c1ccc(N=Nc2c(Br)cc([N+](=O)[O-])cc2Br)cc1.COS(=O)(=O)[O-]. The smallest absolute Gasteiger partial charge is 0.271 e. The molecule has 0 heterocycles. The topological polar surface area (TPSA) is 146 Å². The van der Waals surface area contributed by atoms with Crippen LogP contribution in [0.4, 0.5) is 17.1 Å². The molecule has 14 heteroatoms. The van der Waals surface area contributed by atoms with Crippen molar-refractivity contribution >= 4 is 59.3 Å². The first-order valence-corrected chi connectivity index (χ1v) is 12.8. The fraction of sp³-hybridized carbons (Fsp3) is 0.400. The van der Waals surface area contributed by atoms with Crippen LogP contribution in [0, 0.1) is 10.1 Å². The molecule has 2 rings (SSSR count). The predicted molar refractivity (Wildman–Crippen MR) is 135 cm³/mol. The molecular weight excluding hydrogens is 598 g/mol. The van der Waals surface area contributed by atoms with Crippen molar-refractivity contribution in [2.75, 3.05) is 41.3 Å². The van der Waals surface area contributed by atoms with E-state index < -0.39 is 15.3 Å². The third-order valence-corrected chi connectivity index (χ3v) is 5.93. The van der Waals surface area contributed by atoms with E-state index in [1.165, 1.54) is 17.7 Å². The number of nitrogens with one attached hydrogen (secondary N) is 1. The number of benzene rings is 2. The van der Waals surface area contributed by atoms with Gasteiger partial charge in [-0.1, -0.05) is 12.1 Å². The van der Waals surface area contributed by atoms with Gasteiger partial charge < -0.3 is 14.4 Å². The third kappa shape index (κ3) is 11.6. The molecule has 0 radical (unpaired) electrons. The molecule has 0 amide bonds. The summed E-state index contributed by atoms with van der Waals surface area (Å²) < 4.78 is 33.0. The van der Waals surface area contributed by atoms with Crippen molar-refractivity contribution in [2.45, 2.75) is 13.0 Å². The Morgan fingerprint density at radius 2 is 1.62 bits per heavy atom. The second kappa shape index (κ2) is 13.3. The first-order chi connectivity index (χ1) is 15.6. The molecule has 1 unspecified atom stereocenters. The quantitative estimate of drug-likeness (QED) is 0.103. The van der Waals surface area contributed by atoms with Gasteiger partial charge >= 0.3 is 0 Å². The second-order valence-corrected chi connectivity index (χ2v) is 10.9. The number of quaternary nitrogens is 1. The number of non-ortho nitro benzene ring substituents is 1. The largest absolute Gasteiger partial charge is 0.726 e. The Morgan fingerprint density at radius 1 is 1.12 bits per heavy atom. The van der Waals surface area contributed by atoms with E-state index in [-0.39, 0.29) is 11.7 Å². The summed E-state index contributed by atoms with van der Waals surface area (Å²) in [5.74, 6) is 0. The molecule has 1 atom stereocenters. The van der Waals surface area contributed by atoms with Crippen LogP contribution in [0.1, 0.15) is 18.5 Å². The molecule has 1 N–H and O–H groups in total. The van der Waals surface area contributed by atoms with Crippen molar-refractivity contribution in [1.29, 1.82) is 0 Å². The van der Waals surface area contributed by atoms with Gasteiger partial charge in [0.2, 0.25) is 10.4 Å². The molecule has 188 valence electrons. The van der Waals surface area contributed by atoms with Crippen LogP contribution in [0.5, 0.6) is 0 Å². The van der Waals surface area contributed by atoms with E-state index in [2.05, 4.69) is 79.7 Å². The summed E-state index contributed by atoms with van der Waals surface area (Å²) in [4.78, 5) is 10.4. The number of nitro groups is 1. The normalized spacial score (nSPS) is 12.8. The molecule has 11 nitrogen and oxygen atoms in total. The maximum absolute atomic E-state index is 10.9. The molecule has 0 aromatic heterocycles. The highest BCUT2D eigenvalue weighted by Gasteiger charge is 2.14. The highest BCUT2D eigenvalue weighted by atomic mass is 79.9. The fourth-order valence-electron chi connectivity index (χ4n) is 2.42. The monoisotopic (exact) mass is 623 g/mol. The summed E-state index contributed by atoms with van der Waals surface area (Å²) in [7, 11) is 2.92. The number of halogens is 2. The zero-order chi connectivity index (χ0) is 26.1. The van der Waals surface area contributed by atoms with Crippen molar-refractivity contribution in [2.24, 2.45) is 10.2 Å². The van der Waals surface area contributed by atoms with E-state index in [9.17, 15) is 23.1 Å². The first-order valence-electron chi connectivity index (χ1n) is 9.83. The summed E-state index contributed by atoms with van der Waals surface area (Å²) >= 11 is 6.62. The van der Waals surface area contributed by atoms with Gasteiger partial charge in [-0.15, -0.1) is 5.11 Å². The van der Waals surface area contributed by atoms with Gasteiger partial charge in [-0.05, 0) is 56.5 Å². The van der Waals surface area contributed by atoms with Gasteiger partial charge in [0.25, 0.3) is 5.69 Å². The Bertz CT molecular complexity index is 1080. The van der Waals surface area contributed by atoms with E-state index in [0.29, 0.717) is 20.3 Å². The van der Waals surface area contributed by atoms with E-state index in [4.69, 9.17) is 0 Å². The summed E-state index contributed by atoms with van der Waals surface area (Å²) in [6.07, 6.45) is 0. The Labute approximate surface area is 216 Å². The molecule has 0 spiro atoms. The highest BCUT2D eigenvalue weighted by Crippen LogP contribution is 2.38. The Hall–Kier alpha value is -1.81. The average molecular weight is 625 g/mol. The number of azo groups is 1. The number of nitrogens with zero attached hydrogens (tertiary/aromatic N) is 4. The number of hydrogen-bond acceptors (Lipinski definition) is 9. The molecule has 0 bridgehead atoms. The van der Waals surface area contributed by atoms with Crippen LogP contribution >= 0.6 is 31.9 Å². The van der Waals surface area contributed by atoms with Crippen LogP contribution in [0.25, 0.3) is 0 Å². The average Bonchev–Trinajstić information content (AvgIpc) is 2.72. The fourth-order valence-corrected chi connectivity index (χ4v) is 3.75. The maximum Gasteiger partial charge on any atom is 0.271 e. The van der Waals surface area contributed by atoms with Gasteiger partial charge in [0, 0.05) is 24.7 Å². The van der Waals surface area contributed by atoms with Crippen LogP contribution in [0.3, 0.4) is 0 Å². The lowest BCUT2D eigenvalue weighted by molar-refractivity contribution is -0.869. The minimum Gasteiger partial charge on any atom is -0.726 e. The molecular formula is C20H27Br2N5O6S. The van der Waals surface area contributed by atoms with Crippen LogP contribution in [-0.4, -0.2) is 63.7 Å². The van der Waals surface area contributed by atoms with Crippen LogP contribution in [0.2, 0.25) is 0 Å². The first kappa shape index (κ1) is 30.2. The molecule has 0 saturated carbocycles. The number of rotatable bonds is 9. The number of nitro benzene ring substituents is 1. The maximum atomic E-state index is 10.9. The molecule has 0 fully saturated rings. The molecule has 34 heavy (non-hydrogen) atoms. The summed E-state index contributed by atoms with van der Waals surface area (Å²) in [6, 6.07) is 10.9. The van der Waals surface area contributed by atoms with E-state index >= 15 is 0 Å². The Morgan fingerprint density at radius 3 is 2.03 bits per heavy atom. The predicted octanol–water partition coefficient (Wildman–Crippen LogP) is 4.99. The van der Waals surface area contributed by atoms with Gasteiger partial charge in [0.1, 0.15) is 5.69 Å². The lowest BCUT2D eigenvalue weighted by Crippen LogP contribution is -2.40. The highest BCUT2D eigenvalue weighted by molar-refractivity contribution is 9.11. The Balaban J connectivity index is 0.000000852. The molecule has 2 aromatic rings.